The van der Waals surface area contributed by atoms with Crippen molar-refractivity contribution in [2.75, 3.05) is 23.9 Å². The molecule has 0 aliphatic carbocycles. The van der Waals surface area contributed by atoms with Gasteiger partial charge in [0.1, 0.15) is 6.04 Å². The van der Waals surface area contributed by atoms with Crippen LogP contribution in [-0.2, 0) is 0 Å². The summed E-state index contributed by atoms with van der Waals surface area (Å²) in [5, 5.41) is 4.90. The second-order valence-electron chi connectivity index (χ2n) is 8.19. The average Bonchev–Trinajstić information content (AvgIpc) is 3.44. The van der Waals surface area contributed by atoms with Crippen LogP contribution in [0.1, 0.15) is 23.5 Å². The van der Waals surface area contributed by atoms with Crippen LogP contribution in [0.4, 0.5) is 11.4 Å². The molecule has 1 aliphatic rings. The molecular formula is C26H24ClN5S. The zero-order valence-electron chi connectivity index (χ0n) is 18.4. The molecule has 4 aromatic rings. The van der Waals surface area contributed by atoms with E-state index in [-0.39, 0.29) is 12.1 Å². The zero-order valence-corrected chi connectivity index (χ0v) is 20.0. The maximum absolute atomic E-state index is 6.32. The third-order valence-electron chi connectivity index (χ3n) is 5.91. The zero-order chi connectivity index (χ0) is 22.9. The molecule has 0 radical (unpaired) electrons. The van der Waals surface area contributed by atoms with Gasteiger partial charge in [0.25, 0.3) is 0 Å². The molecule has 2 atom stereocenters. The van der Waals surface area contributed by atoms with Gasteiger partial charge in [-0.05, 0) is 78.9 Å². The first-order chi connectivity index (χ1) is 16.0. The highest BCUT2D eigenvalue weighted by atomic mass is 35.5. The van der Waals surface area contributed by atoms with E-state index in [1.54, 1.807) is 0 Å². The number of halogens is 1. The molecule has 166 valence electrons. The van der Waals surface area contributed by atoms with Crippen molar-refractivity contribution in [1.82, 2.24) is 14.9 Å². The van der Waals surface area contributed by atoms with Gasteiger partial charge >= 0.3 is 0 Å². The van der Waals surface area contributed by atoms with E-state index in [0.717, 1.165) is 28.5 Å². The summed E-state index contributed by atoms with van der Waals surface area (Å²) in [5.74, 6) is 0. The molecule has 0 bridgehead atoms. The minimum atomic E-state index is -0.111. The van der Waals surface area contributed by atoms with Crippen molar-refractivity contribution >= 4 is 40.3 Å². The van der Waals surface area contributed by atoms with Gasteiger partial charge in [-0.25, -0.2) is 0 Å². The normalized spacial score (nSPS) is 17.8. The lowest BCUT2D eigenvalue weighted by molar-refractivity contribution is 0.549. The highest BCUT2D eigenvalue weighted by molar-refractivity contribution is 7.80. The third kappa shape index (κ3) is 4.08. The van der Waals surface area contributed by atoms with Crippen LogP contribution in [0.3, 0.4) is 0 Å². The van der Waals surface area contributed by atoms with E-state index in [1.165, 1.54) is 0 Å². The molecule has 1 aliphatic heterocycles. The topological polar surface area (TPSA) is 36.3 Å². The number of benzene rings is 2. The molecule has 1 fully saturated rings. The largest absolute Gasteiger partial charge is 0.378 e. The van der Waals surface area contributed by atoms with Gasteiger partial charge in [-0.2, -0.15) is 0 Å². The number of nitrogens with zero attached hydrogens (tertiary/aromatic N) is 4. The monoisotopic (exact) mass is 473 g/mol. The number of thiocarbonyl (C=S) groups is 1. The molecule has 0 spiro atoms. The van der Waals surface area contributed by atoms with E-state index in [0.29, 0.717) is 10.1 Å². The Balaban J connectivity index is 1.64. The standard InChI is InChI=1S/C26H24ClN5S/c1-30(2)19-11-13-20(14-12-19)32-25(24(29-26(32)33)22-9-3-4-15-28-22)23-10-6-16-31(23)21-8-5-7-18(27)17-21/h3-17,24-25H,1-2H3,(H,29,33). The van der Waals surface area contributed by atoms with Crippen LogP contribution in [0.15, 0.2) is 91.3 Å². The van der Waals surface area contributed by atoms with Gasteiger partial charge in [-0.1, -0.05) is 23.7 Å². The van der Waals surface area contributed by atoms with Gasteiger partial charge in [0.15, 0.2) is 5.11 Å². The quantitative estimate of drug-likeness (QED) is 0.372. The third-order valence-corrected chi connectivity index (χ3v) is 6.46. The maximum Gasteiger partial charge on any atom is 0.174 e. The Hall–Kier alpha value is -3.35. The van der Waals surface area contributed by atoms with Crippen molar-refractivity contribution in [2.24, 2.45) is 0 Å². The van der Waals surface area contributed by atoms with E-state index in [9.17, 15) is 0 Å². The fourth-order valence-electron chi connectivity index (χ4n) is 4.34. The number of rotatable bonds is 5. The second kappa shape index (κ2) is 8.89. The van der Waals surface area contributed by atoms with Gasteiger partial charge in [-0.3, -0.25) is 4.98 Å². The number of anilines is 2. The molecule has 0 saturated carbocycles. The van der Waals surface area contributed by atoms with E-state index in [2.05, 4.69) is 73.3 Å². The van der Waals surface area contributed by atoms with Crippen LogP contribution >= 0.6 is 23.8 Å². The van der Waals surface area contributed by atoms with Crippen LogP contribution in [0, 0.1) is 0 Å². The second-order valence-corrected chi connectivity index (χ2v) is 9.01. The van der Waals surface area contributed by atoms with Crippen molar-refractivity contribution in [1.29, 1.82) is 0 Å². The summed E-state index contributed by atoms with van der Waals surface area (Å²) in [6.45, 7) is 0. The van der Waals surface area contributed by atoms with E-state index < -0.39 is 0 Å². The minimum absolute atomic E-state index is 0.105. The Morgan fingerprint density at radius 3 is 2.45 bits per heavy atom. The molecule has 33 heavy (non-hydrogen) atoms. The fourth-order valence-corrected chi connectivity index (χ4v) is 4.87. The predicted molar refractivity (Wildman–Crippen MR) is 139 cm³/mol. The molecule has 5 rings (SSSR count). The molecule has 2 aromatic carbocycles. The molecule has 3 heterocycles. The van der Waals surface area contributed by atoms with E-state index in [4.69, 9.17) is 23.8 Å². The number of nitrogens with one attached hydrogen (secondary N) is 1. The molecule has 2 unspecified atom stereocenters. The van der Waals surface area contributed by atoms with Crippen LogP contribution in [-0.4, -0.2) is 28.8 Å². The van der Waals surface area contributed by atoms with E-state index in [1.807, 2.05) is 56.7 Å². The summed E-state index contributed by atoms with van der Waals surface area (Å²) in [5.41, 5.74) is 5.20. The number of hydrogen-bond acceptors (Lipinski definition) is 3. The fraction of sp³-hybridized carbons (Fsp3) is 0.154. The number of pyridine rings is 1. The molecule has 1 N–H and O–H groups in total. The Kier molecular flexibility index (Phi) is 5.79. The molecule has 5 nitrogen and oxygen atoms in total. The summed E-state index contributed by atoms with van der Waals surface area (Å²) in [6, 6.07) is 26.3. The Labute approximate surface area is 204 Å². The van der Waals surface area contributed by atoms with Crippen LogP contribution < -0.4 is 15.1 Å². The molecule has 0 amide bonds. The summed E-state index contributed by atoms with van der Waals surface area (Å²) >= 11 is 12.2. The molecule has 2 aromatic heterocycles. The summed E-state index contributed by atoms with van der Waals surface area (Å²) in [7, 11) is 4.07. The van der Waals surface area contributed by atoms with E-state index >= 15 is 0 Å². The van der Waals surface area contributed by atoms with Gasteiger partial charge in [-0.15, -0.1) is 0 Å². The highest BCUT2D eigenvalue weighted by Crippen LogP contribution is 2.42. The van der Waals surface area contributed by atoms with Gasteiger partial charge in [0.2, 0.25) is 0 Å². The van der Waals surface area contributed by atoms with Crippen molar-refractivity contribution in [3.63, 3.8) is 0 Å². The van der Waals surface area contributed by atoms with Crippen molar-refractivity contribution < 1.29 is 0 Å². The van der Waals surface area contributed by atoms with Crippen LogP contribution in [0.5, 0.6) is 0 Å². The first kappa shape index (κ1) is 21.5. The van der Waals surface area contributed by atoms with Crippen molar-refractivity contribution in [2.45, 2.75) is 12.1 Å². The number of hydrogen-bond donors (Lipinski definition) is 1. The van der Waals surface area contributed by atoms with Gasteiger partial charge in [0.05, 0.1) is 11.7 Å². The van der Waals surface area contributed by atoms with Crippen molar-refractivity contribution in [3.8, 4) is 5.69 Å². The van der Waals surface area contributed by atoms with Gasteiger partial charge < -0.3 is 19.7 Å². The van der Waals surface area contributed by atoms with Crippen LogP contribution in [0.25, 0.3) is 5.69 Å². The van der Waals surface area contributed by atoms with Crippen LogP contribution in [0.2, 0.25) is 5.02 Å². The smallest absolute Gasteiger partial charge is 0.174 e. The Bertz CT molecular complexity index is 1270. The SMILES string of the molecule is CN(C)c1ccc(N2C(=S)NC(c3ccccn3)C2c2cccn2-c2cccc(Cl)c2)cc1. The highest BCUT2D eigenvalue weighted by Gasteiger charge is 2.42. The van der Waals surface area contributed by atoms with Gasteiger partial charge in [0, 0.05) is 54.3 Å². The Morgan fingerprint density at radius 1 is 0.939 bits per heavy atom. The lowest BCUT2D eigenvalue weighted by Crippen LogP contribution is -2.30. The molecule has 7 heteroatoms. The lowest BCUT2D eigenvalue weighted by Gasteiger charge is -2.29. The molecule has 1 saturated heterocycles. The summed E-state index contributed by atoms with van der Waals surface area (Å²) in [4.78, 5) is 8.92. The first-order valence-electron chi connectivity index (χ1n) is 10.7. The Morgan fingerprint density at radius 2 is 1.76 bits per heavy atom. The minimum Gasteiger partial charge on any atom is -0.378 e. The predicted octanol–water partition coefficient (Wildman–Crippen LogP) is 5.77. The lowest BCUT2D eigenvalue weighted by atomic mass is 10.0. The summed E-state index contributed by atoms with van der Waals surface area (Å²) < 4.78 is 2.17. The maximum atomic E-state index is 6.32. The molecular weight excluding hydrogens is 450 g/mol. The number of aromatic nitrogens is 2. The first-order valence-corrected chi connectivity index (χ1v) is 11.5. The summed E-state index contributed by atoms with van der Waals surface area (Å²) in [6.07, 6.45) is 3.88. The average molecular weight is 474 g/mol. The van der Waals surface area contributed by atoms with Crippen molar-refractivity contribution in [3.05, 3.63) is 108 Å².